The van der Waals surface area contributed by atoms with Crippen molar-refractivity contribution in [3.63, 3.8) is 0 Å². The summed E-state index contributed by atoms with van der Waals surface area (Å²) in [4.78, 5) is 3.46. The van der Waals surface area contributed by atoms with Gasteiger partial charge in [0.25, 0.3) is 0 Å². The average molecular weight is 435 g/mol. The van der Waals surface area contributed by atoms with Crippen LogP contribution in [0.5, 0.6) is 11.5 Å². The van der Waals surface area contributed by atoms with Crippen molar-refractivity contribution in [3.05, 3.63) is 95.6 Å². The molecule has 0 fully saturated rings. The number of aromatic amines is 1. The smallest absolute Gasteiger partial charge is 0.120 e. The third-order valence-corrected chi connectivity index (χ3v) is 6.81. The minimum Gasteiger partial charge on any atom is -0.497 e. The molecule has 0 spiro atoms. The van der Waals surface area contributed by atoms with E-state index in [9.17, 15) is 0 Å². The maximum Gasteiger partial charge on any atom is 0.120 e. The van der Waals surface area contributed by atoms with Crippen molar-refractivity contribution in [1.29, 1.82) is 0 Å². The lowest BCUT2D eigenvalue weighted by Gasteiger charge is -2.36. The molecule has 4 nitrogen and oxygen atoms in total. The summed E-state index contributed by atoms with van der Waals surface area (Å²) in [6, 6.07) is 27.4. The number of rotatable bonds is 4. The highest BCUT2D eigenvalue weighted by Crippen LogP contribution is 2.45. The summed E-state index contributed by atoms with van der Waals surface area (Å²) in [5, 5.41) is 5.85. The SMILES string of the molecule is COc1ccc2[nH]c3ccc(OCc4ccc5c(c4)C(C)(C)c4ccccc4N5)cc3c2c1. The van der Waals surface area contributed by atoms with Crippen LogP contribution in [0.15, 0.2) is 78.9 Å². The molecule has 0 radical (unpaired) electrons. The largest absolute Gasteiger partial charge is 0.497 e. The van der Waals surface area contributed by atoms with E-state index in [1.165, 1.54) is 16.8 Å². The maximum absolute atomic E-state index is 6.24. The first-order valence-electron chi connectivity index (χ1n) is 11.3. The Morgan fingerprint density at radius 1 is 0.727 bits per heavy atom. The number of methoxy groups -OCH3 is 1. The highest BCUT2D eigenvalue weighted by atomic mass is 16.5. The monoisotopic (exact) mass is 434 g/mol. The summed E-state index contributed by atoms with van der Waals surface area (Å²) in [6.07, 6.45) is 0. The van der Waals surface area contributed by atoms with Gasteiger partial charge in [-0.15, -0.1) is 0 Å². The molecular weight excluding hydrogens is 408 g/mol. The Morgan fingerprint density at radius 3 is 2.21 bits per heavy atom. The van der Waals surface area contributed by atoms with Crippen LogP contribution < -0.4 is 14.8 Å². The van der Waals surface area contributed by atoms with Gasteiger partial charge in [-0.2, -0.15) is 0 Å². The molecule has 0 saturated heterocycles. The fourth-order valence-electron chi connectivity index (χ4n) is 4.97. The number of nitrogens with one attached hydrogen (secondary N) is 2. The molecule has 0 saturated carbocycles. The summed E-state index contributed by atoms with van der Waals surface area (Å²) in [5.74, 6) is 1.70. The van der Waals surface area contributed by atoms with Gasteiger partial charge >= 0.3 is 0 Å². The summed E-state index contributed by atoms with van der Waals surface area (Å²) < 4.78 is 11.6. The molecule has 4 heteroatoms. The Balaban J connectivity index is 1.29. The topological polar surface area (TPSA) is 46.3 Å². The van der Waals surface area contributed by atoms with Crippen molar-refractivity contribution in [3.8, 4) is 11.5 Å². The third kappa shape index (κ3) is 3.21. The summed E-state index contributed by atoms with van der Waals surface area (Å²) in [5.41, 5.74) is 8.22. The molecule has 0 aliphatic carbocycles. The molecule has 5 aromatic rings. The second-order valence-electron chi connectivity index (χ2n) is 9.21. The van der Waals surface area contributed by atoms with Gasteiger partial charge in [0, 0.05) is 38.6 Å². The minimum atomic E-state index is -0.0742. The maximum atomic E-state index is 6.24. The van der Waals surface area contributed by atoms with Gasteiger partial charge in [-0.05, 0) is 71.3 Å². The summed E-state index contributed by atoms with van der Waals surface area (Å²) in [7, 11) is 1.69. The van der Waals surface area contributed by atoms with E-state index < -0.39 is 0 Å². The van der Waals surface area contributed by atoms with Gasteiger partial charge in [0.15, 0.2) is 0 Å². The summed E-state index contributed by atoms with van der Waals surface area (Å²) in [6.45, 7) is 5.09. The first kappa shape index (κ1) is 19.7. The lowest BCUT2D eigenvalue weighted by molar-refractivity contribution is 0.306. The van der Waals surface area contributed by atoms with Gasteiger partial charge in [0.2, 0.25) is 0 Å². The van der Waals surface area contributed by atoms with E-state index in [1.54, 1.807) is 7.11 Å². The number of ether oxygens (including phenoxy) is 2. The Bertz CT molecular complexity index is 1510. The molecule has 6 rings (SSSR count). The number of anilines is 2. The van der Waals surface area contributed by atoms with E-state index in [-0.39, 0.29) is 5.41 Å². The molecule has 0 bridgehead atoms. The predicted octanol–water partition coefficient (Wildman–Crippen LogP) is 7.29. The molecule has 1 aliphatic rings. The van der Waals surface area contributed by atoms with Crippen LogP contribution in [0, 0.1) is 0 Å². The van der Waals surface area contributed by atoms with Crippen molar-refractivity contribution in [2.45, 2.75) is 25.9 Å². The fourth-order valence-corrected chi connectivity index (χ4v) is 4.97. The number of fused-ring (bicyclic) bond motifs is 5. The zero-order chi connectivity index (χ0) is 22.6. The van der Waals surface area contributed by atoms with Crippen LogP contribution in [0.3, 0.4) is 0 Å². The lowest BCUT2D eigenvalue weighted by Crippen LogP contribution is -2.26. The van der Waals surface area contributed by atoms with Crippen LogP contribution in [-0.4, -0.2) is 12.1 Å². The van der Waals surface area contributed by atoms with Gasteiger partial charge < -0.3 is 19.8 Å². The molecule has 164 valence electrons. The van der Waals surface area contributed by atoms with E-state index in [2.05, 4.69) is 90.9 Å². The second-order valence-corrected chi connectivity index (χ2v) is 9.21. The van der Waals surface area contributed by atoms with Crippen LogP contribution in [0.4, 0.5) is 11.4 Å². The van der Waals surface area contributed by atoms with E-state index in [4.69, 9.17) is 9.47 Å². The van der Waals surface area contributed by atoms with E-state index in [0.717, 1.165) is 44.6 Å². The molecule has 0 unspecified atom stereocenters. The first-order valence-corrected chi connectivity index (χ1v) is 11.3. The number of para-hydroxylation sites is 1. The van der Waals surface area contributed by atoms with Crippen LogP contribution in [0.2, 0.25) is 0 Å². The Kier molecular flexibility index (Phi) is 4.37. The van der Waals surface area contributed by atoms with Gasteiger partial charge in [0.05, 0.1) is 7.11 Å². The molecular formula is C29H26N2O2. The van der Waals surface area contributed by atoms with Gasteiger partial charge in [-0.1, -0.05) is 38.1 Å². The van der Waals surface area contributed by atoms with E-state index in [1.807, 2.05) is 12.1 Å². The highest BCUT2D eigenvalue weighted by molar-refractivity contribution is 6.08. The zero-order valence-electron chi connectivity index (χ0n) is 19.0. The minimum absolute atomic E-state index is 0.0742. The first-order chi connectivity index (χ1) is 16.0. The molecule has 2 N–H and O–H groups in total. The highest BCUT2D eigenvalue weighted by Gasteiger charge is 2.32. The summed E-state index contributed by atoms with van der Waals surface area (Å²) >= 11 is 0. The Morgan fingerprint density at radius 2 is 1.42 bits per heavy atom. The van der Waals surface area contributed by atoms with E-state index >= 15 is 0 Å². The lowest BCUT2D eigenvalue weighted by atomic mass is 9.74. The Hall–Kier alpha value is -3.92. The van der Waals surface area contributed by atoms with Crippen LogP contribution in [0.25, 0.3) is 21.8 Å². The van der Waals surface area contributed by atoms with Crippen molar-refractivity contribution in [2.24, 2.45) is 0 Å². The molecule has 4 aromatic carbocycles. The predicted molar refractivity (Wildman–Crippen MR) is 135 cm³/mol. The van der Waals surface area contributed by atoms with Crippen molar-refractivity contribution < 1.29 is 9.47 Å². The quantitative estimate of drug-likeness (QED) is 0.312. The van der Waals surface area contributed by atoms with Gasteiger partial charge in [-0.25, -0.2) is 0 Å². The second kappa shape index (κ2) is 7.31. The molecule has 33 heavy (non-hydrogen) atoms. The third-order valence-electron chi connectivity index (χ3n) is 6.81. The fraction of sp³-hybridized carbons (Fsp3) is 0.172. The molecule has 1 aromatic heterocycles. The van der Waals surface area contributed by atoms with Crippen LogP contribution in [0.1, 0.15) is 30.5 Å². The molecule has 0 atom stereocenters. The van der Waals surface area contributed by atoms with Crippen LogP contribution in [-0.2, 0) is 12.0 Å². The Labute approximate surface area is 193 Å². The molecule has 0 amide bonds. The van der Waals surface area contributed by atoms with Crippen LogP contribution >= 0.6 is 0 Å². The van der Waals surface area contributed by atoms with Crippen molar-refractivity contribution in [1.82, 2.24) is 4.98 Å². The molecule has 1 aliphatic heterocycles. The number of hydrogen-bond acceptors (Lipinski definition) is 3. The van der Waals surface area contributed by atoms with Gasteiger partial charge in [-0.3, -0.25) is 0 Å². The normalized spacial score (nSPS) is 13.9. The standard InChI is InChI=1S/C29H26N2O2/c1-29(2)23-6-4-5-7-27(23)31-28-11-8-18(14-24(28)29)17-33-20-10-13-26-22(16-20)21-15-19(32-3)9-12-25(21)30-26/h4-16,30-31H,17H2,1-3H3. The number of hydrogen-bond donors (Lipinski definition) is 2. The van der Waals surface area contributed by atoms with E-state index in [0.29, 0.717) is 6.61 Å². The molecule has 2 heterocycles. The van der Waals surface area contributed by atoms with Gasteiger partial charge in [0.1, 0.15) is 18.1 Å². The number of benzene rings is 4. The number of H-pyrrole nitrogens is 1. The number of aromatic nitrogens is 1. The zero-order valence-corrected chi connectivity index (χ0v) is 19.0. The van der Waals surface area contributed by atoms with Crippen molar-refractivity contribution in [2.75, 3.05) is 12.4 Å². The van der Waals surface area contributed by atoms with Crippen molar-refractivity contribution >= 4 is 33.2 Å². The average Bonchev–Trinajstić information content (AvgIpc) is 3.20.